The quantitative estimate of drug-likeness (QED) is 0.575. The molecule has 2 aromatic carbocycles. The molecule has 23 heavy (non-hydrogen) atoms. The van der Waals surface area contributed by atoms with E-state index < -0.39 is 0 Å². The first-order valence-corrected chi connectivity index (χ1v) is 8.17. The molecule has 0 saturated carbocycles. The fraction of sp³-hybridized carbons (Fsp3) is 0.118. The number of thioether (sulfide) groups is 1. The van der Waals surface area contributed by atoms with E-state index in [0.29, 0.717) is 23.0 Å². The molecule has 0 radical (unpaired) electrons. The molecule has 0 aliphatic carbocycles. The molecule has 0 bridgehead atoms. The van der Waals surface area contributed by atoms with Gasteiger partial charge in [0.15, 0.2) is 0 Å². The Morgan fingerprint density at radius 2 is 1.52 bits per heavy atom. The lowest BCUT2D eigenvalue weighted by atomic mass is 10.1. The zero-order valence-corrected chi connectivity index (χ0v) is 13.2. The Balaban J connectivity index is 1.76. The van der Waals surface area contributed by atoms with Crippen LogP contribution in [0.3, 0.4) is 0 Å². The summed E-state index contributed by atoms with van der Waals surface area (Å²) in [4.78, 5) is 12.3. The lowest BCUT2D eigenvalue weighted by Gasteiger charge is -2.07. The molecule has 3 rings (SSSR count). The van der Waals surface area contributed by atoms with Gasteiger partial charge in [0, 0.05) is 12.2 Å². The average molecular weight is 324 g/mol. The minimum atomic E-state index is -0.306. The molecule has 116 valence electrons. The Labute approximate surface area is 138 Å². The Kier molecular flexibility index (Phi) is 4.73. The van der Waals surface area contributed by atoms with Gasteiger partial charge < -0.3 is 5.84 Å². The lowest BCUT2D eigenvalue weighted by Crippen LogP contribution is -2.33. The predicted octanol–water partition coefficient (Wildman–Crippen LogP) is 2.24. The standard InChI is InChI=1S/C17H16N4OS/c18-21-16(22)15(11-13-7-3-1-4-8-13)19-20-17(21)23-12-14-9-5-2-6-10-14/h1-10H,11-12,18H2. The molecule has 6 heteroatoms. The van der Waals surface area contributed by atoms with Crippen LogP contribution in [-0.2, 0) is 12.2 Å². The molecule has 1 aromatic heterocycles. The van der Waals surface area contributed by atoms with Gasteiger partial charge >= 0.3 is 0 Å². The fourth-order valence-electron chi connectivity index (χ4n) is 2.14. The summed E-state index contributed by atoms with van der Waals surface area (Å²) in [7, 11) is 0. The SMILES string of the molecule is Nn1c(SCc2ccccc2)nnc(Cc2ccccc2)c1=O. The second kappa shape index (κ2) is 7.11. The molecule has 0 unspecified atom stereocenters. The number of rotatable bonds is 5. The molecule has 5 nitrogen and oxygen atoms in total. The summed E-state index contributed by atoms with van der Waals surface area (Å²) in [5.41, 5.74) is 2.19. The van der Waals surface area contributed by atoms with E-state index in [2.05, 4.69) is 10.2 Å². The van der Waals surface area contributed by atoms with Crippen LogP contribution in [0.1, 0.15) is 16.8 Å². The van der Waals surface area contributed by atoms with Gasteiger partial charge in [0.2, 0.25) is 5.16 Å². The molecule has 1 heterocycles. The number of benzene rings is 2. The highest BCUT2D eigenvalue weighted by molar-refractivity contribution is 7.98. The number of nitrogens with two attached hydrogens (primary N) is 1. The van der Waals surface area contributed by atoms with Crippen LogP contribution in [-0.4, -0.2) is 14.9 Å². The highest BCUT2D eigenvalue weighted by atomic mass is 32.2. The first kappa shape index (κ1) is 15.3. The molecule has 0 fully saturated rings. The summed E-state index contributed by atoms with van der Waals surface area (Å²) >= 11 is 1.39. The van der Waals surface area contributed by atoms with E-state index in [4.69, 9.17) is 5.84 Å². The van der Waals surface area contributed by atoms with Crippen LogP contribution in [0.25, 0.3) is 0 Å². The fourth-order valence-corrected chi connectivity index (χ4v) is 2.95. The highest BCUT2D eigenvalue weighted by Crippen LogP contribution is 2.18. The summed E-state index contributed by atoms with van der Waals surface area (Å²) in [6.07, 6.45) is 0.424. The molecule has 2 N–H and O–H groups in total. The number of hydrogen-bond donors (Lipinski definition) is 1. The Hall–Kier alpha value is -2.60. The molecular weight excluding hydrogens is 308 g/mol. The van der Waals surface area contributed by atoms with E-state index >= 15 is 0 Å². The van der Waals surface area contributed by atoms with Gasteiger partial charge in [-0.2, -0.15) is 4.68 Å². The van der Waals surface area contributed by atoms with Crippen molar-refractivity contribution in [1.29, 1.82) is 0 Å². The van der Waals surface area contributed by atoms with Crippen LogP contribution < -0.4 is 11.4 Å². The molecule has 0 spiro atoms. The summed E-state index contributed by atoms with van der Waals surface area (Å²) in [5.74, 6) is 6.57. The maximum atomic E-state index is 12.3. The second-order valence-corrected chi connectivity index (χ2v) is 5.98. The van der Waals surface area contributed by atoms with Crippen molar-refractivity contribution in [3.63, 3.8) is 0 Å². The molecule has 3 aromatic rings. The molecule has 0 aliphatic rings. The Bertz CT molecular complexity index is 834. The van der Waals surface area contributed by atoms with Crippen LogP contribution >= 0.6 is 11.8 Å². The minimum absolute atomic E-state index is 0.306. The van der Waals surface area contributed by atoms with Crippen molar-refractivity contribution < 1.29 is 0 Å². The van der Waals surface area contributed by atoms with Gasteiger partial charge in [-0.15, -0.1) is 10.2 Å². The van der Waals surface area contributed by atoms with E-state index in [0.717, 1.165) is 15.8 Å². The van der Waals surface area contributed by atoms with Crippen molar-refractivity contribution in [3.05, 3.63) is 87.8 Å². The first-order valence-electron chi connectivity index (χ1n) is 7.18. The topological polar surface area (TPSA) is 73.8 Å². The van der Waals surface area contributed by atoms with Crippen molar-refractivity contribution in [2.75, 3.05) is 5.84 Å². The summed E-state index contributed by atoms with van der Waals surface area (Å²) in [6.45, 7) is 0. The maximum Gasteiger partial charge on any atom is 0.294 e. The van der Waals surface area contributed by atoms with E-state index in [1.165, 1.54) is 11.8 Å². The summed E-state index contributed by atoms with van der Waals surface area (Å²) < 4.78 is 1.08. The molecule has 0 saturated heterocycles. The lowest BCUT2D eigenvalue weighted by molar-refractivity contribution is 0.672. The highest BCUT2D eigenvalue weighted by Gasteiger charge is 2.11. The van der Waals surface area contributed by atoms with Gasteiger partial charge in [0.1, 0.15) is 5.69 Å². The van der Waals surface area contributed by atoms with Crippen LogP contribution in [0.5, 0.6) is 0 Å². The molecule has 0 amide bonds. The smallest absolute Gasteiger partial charge is 0.294 e. The number of nitrogens with zero attached hydrogens (tertiary/aromatic N) is 3. The van der Waals surface area contributed by atoms with Gasteiger partial charge in [0.25, 0.3) is 5.56 Å². The van der Waals surface area contributed by atoms with E-state index in [1.54, 1.807) is 0 Å². The third-order valence-corrected chi connectivity index (χ3v) is 4.37. The zero-order valence-electron chi connectivity index (χ0n) is 12.4. The van der Waals surface area contributed by atoms with Crippen LogP contribution in [0.2, 0.25) is 0 Å². The molecule has 0 atom stereocenters. The normalized spacial score (nSPS) is 10.6. The van der Waals surface area contributed by atoms with Gasteiger partial charge in [-0.05, 0) is 11.1 Å². The van der Waals surface area contributed by atoms with Crippen LogP contribution in [0, 0.1) is 0 Å². The maximum absolute atomic E-state index is 12.3. The van der Waals surface area contributed by atoms with Crippen molar-refractivity contribution in [2.45, 2.75) is 17.3 Å². The van der Waals surface area contributed by atoms with E-state index in [9.17, 15) is 4.79 Å². The number of aromatic nitrogens is 3. The van der Waals surface area contributed by atoms with Crippen molar-refractivity contribution in [1.82, 2.24) is 14.9 Å². The van der Waals surface area contributed by atoms with Crippen molar-refractivity contribution in [2.24, 2.45) is 0 Å². The number of hydrogen-bond acceptors (Lipinski definition) is 5. The minimum Gasteiger partial charge on any atom is -0.334 e. The van der Waals surface area contributed by atoms with Gasteiger partial charge in [-0.3, -0.25) is 4.79 Å². The predicted molar refractivity (Wildman–Crippen MR) is 91.7 cm³/mol. The van der Waals surface area contributed by atoms with Gasteiger partial charge in [-0.1, -0.05) is 72.4 Å². The van der Waals surface area contributed by atoms with Crippen molar-refractivity contribution >= 4 is 11.8 Å². The summed E-state index contributed by atoms with van der Waals surface area (Å²) in [5, 5.41) is 8.58. The first-order chi connectivity index (χ1) is 11.2. The molecular formula is C17H16N4OS. The van der Waals surface area contributed by atoms with Gasteiger partial charge in [0.05, 0.1) is 0 Å². The van der Waals surface area contributed by atoms with Gasteiger partial charge in [-0.25, -0.2) is 0 Å². The Morgan fingerprint density at radius 1 is 0.913 bits per heavy atom. The number of nitrogen functional groups attached to an aromatic ring is 1. The zero-order chi connectivity index (χ0) is 16.1. The monoisotopic (exact) mass is 324 g/mol. The Morgan fingerprint density at radius 3 is 2.17 bits per heavy atom. The van der Waals surface area contributed by atoms with E-state index in [-0.39, 0.29) is 5.56 Å². The largest absolute Gasteiger partial charge is 0.334 e. The van der Waals surface area contributed by atoms with Crippen LogP contribution in [0.15, 0.2) is 70.6 Å². The summed E-state index contributed by atoms with van der Waals surface area (Å²) in [6, 6.07) is 19.6. The van der Waals surface area contributed by atoms with Crippen molar-refractivity contribution in [3.8, 4) is 0 Å². The third-order valence-electron chi connectivity index (χ3n) is 3.35. The molecule has 0 aliphatic heterocycles. The second-order valence-electron chi connectivity index (χ2n) is 5.04. The average Bonchev–Trinajstić information content (AvgIpc) is 2.60. The van der Waals surface area contributed by atoms with Crippen LogP contribution in [0.4, 0.5) is 0 Å². The van der Waals surface area contributed by atoms with E-state index in [1.807, 2.05) is 60.7 Å². The third kappa shape index (κ3) is 3.78.